The van der Waals surface area contributed by atoms with E-state index in [0.29, 0.717) is 26.1 Å². The molecule has 0 aromatic heterocycles. The molecule has 0 aliphatic carbocycles. The summed E-state index contributed by atoms with van der Waals surface area (Å²) in [5.74, 6) is -2.39. The minimum atomic E-state index is -1.35. The summed E-state index contributed by atoms with van der Waals surface area (Å²) in [5.41, 5.74) is -1.95. The molecule has 4 aliphatic rings. The number of benzene rings is 1. The predicted octanol–water partition coefficient (Wildman–Crippen LogP) is 4.97. The van der Waals surface area contributed by atoms with Gasteiger partial charge in [0.1, 0.15) is 11.6 Å². The van der Waals surface area contributed by atoms with Gasteiger partial charge < -0.3 is 24.5 Å². The van der Waals surface area contributed by atoms with Crippen LogP contribution in [0, 0.1) is 23.2 Å². The molecule has 5 rings (SSSR count). The van der Waals surface area contributed by atoms with Crippen LogP contribution in [-0.2, 0) is 25.7 Å². The highest BCUT2D eigenvalue weighted by Gasteiger charge is 2.76. The highest BCUT2D eigenvalue weighted by atomic mass is 16.5. The van der Waals surface area contributed by atoms with Gasteiger partial charge in [-0.05, 0) is 43.6 Å². The molecule has 2 fully saturated rings. The number of fused-ring (bicyclic) bond motifs is 2. The van der Waals surface area contributed by atoms with Crippen molar-refractivity contribution < 1.29 is 24.2 Å². The fourth-order valence-electron chi connectivity index (χ4n) is 8.81. The minimum absolute atomic E-state index is 0.0433. The summed E-state index contributed by atoms with van der Waals surface area (Å²) in [5, 5.41) is 10.8. The lowest BCUT2D eigenvalue weighted by Crippen LogP contribution is -2.62. The Hall–Kier alpha value is -2.97. The van der Waals surface area contributed by atoms with Gasteiger partial charge in [-0.15, -0.1) is 0 Å². The summed E-state index contributed by atoms with van der Waals surface area (Å²) in [7, 11) is 0. The van der Waals surface area contributed by atoms with Crippen LogP contribution in [0.1, 0.15) is 80.2 Å². The summed E-state index contributed by atoms with van der Waals surface area (Å²) in [6.07, 6.45) is 9.80. The van der Waals surface area contributed by atoms with Gasteiger partial charge in [-0.3, -0.25) is 14.4 Å². The van der Waals surface area contributed by atoms with Crippen molar-refractivity contribution >= 4 is 17.7 Å². The molecule has 2 saturated heterocycles. The Kier molecular flexibility index (Phi) is 8.90. The maximum absolute atomic E-state index is 15.1. The SMILES string of the molecule is CC[C@H](C)[C@H](CO)N1C(=O)[C@@H]2[C@@H]3C(=O)N(Cc4ccccc4)CC=C[C@]3(CC)O[C@@]23C=CCN(C(C)(C)CC(C)(C)C)C(=O)C13. The number of hydrogen-bond acceptors (Lipinski definition) is 5. The zero-order chi connectivity index (χ0) is 32.9. The fourth-order valence-corrected chi connectivity index (χ4v) is 8.81. The first-order valence-corrected chi connectivity index (χ1v) is 16.8. The zero-order valence-corrected chi connectivity index (χ0v) is 28.5. The van der Waals surface area contributed by atoms with E-state index < -0.39 is 40.7 Å². The molecule has 1 unspecified atom stereocenters. The number of ether oxygens (including phenoxy) is 1. The lowest BCUT2D eigenvalue weighted by atomic mass is 9.72. The first-order valence-electron chi connectivity index (χ1n) is 16.8. The second kappa shape index (κ2) is 12.0. The van der Waals surface area contributed by atoms with Crippen LogP contribution in [0.4, 0.5) is 0 Å². The molecule has 1 N–H and O–H groups in total. The van der Waals surface area contributed by atoms with E-state index in [-0.39, 0.29) is 35.7 Å². The first kappa shape index (κ1) is 33.4. The number of likely N-dealkylation sites (tertiary alicyclic amines) is 1. The maximum atomic E-state index is 15.1. The molecule has 45 heavy (non-hydrogen) atoms. The summed E-state index contributed by atoms with van der Waals surface area (Å²) in [4.78, 5) is 50.1. The summed E-state index contributed by atoms with van der Waals surface area (Å²) >= 11 is 0. The van der Waals surface area contributed by atoms with Crippen molar-refractivity contribution in [3.05, 3.63) is 60.2 Å². The van der Waals surface area contributed by atoms with Gasteiger partial charge in [0, 0.05) is 25.2 Å². The van der Waals surface area contributed by atoms with Gasteiger partial charge in [-0.1, -0.05) is 103 Å². The molecule has 1 aromatic carbocycles. The fraction of sp³-hybridized carbons (Fsp3) is 0.649. The van der Waals surface area contributed by atoms with Crippen molar-refractivity contribution in [3.8, 4) is 0 Å². The molecule has 8 nitrogen and oxygen atoms in total. The third-order valence-electron chi connectivity index (χ3n) is 10.7. The smallest absolute Gasteiger partial charge is 0.249 e. The lowest BCUT2D eigenvalue weighted by Gasteiger charge is -2.46. The molecule has 0 radical (unpaired) electrons. The summed E-state index contributed by atoms with van der Waals surface area (Å²) < 4.78 is 7.17. The molecule has 246 valence electrons. The Balaban J connectivity index is 1.66. The van der Waals surface area contributed by atoms with Crippen molar-refractivity contribution in [3.63, 3.8) is 0 Å². The number of nitrogens with zero attached hydrogens (tertiary/aromatic N) is 3. The number of aliphatic hydroxyl groups excluding tert-OH is 1. The van der Waals surface area contributed by atoms with Crippen LogP contribution in [0.15, 0.2) is 54.6 Å². The van der Waals surface area contributed by atoms with Crippen molar-refractivity contribution in [2.75, 3.05) is 19.7 Å². The molecule has 0 saturated carbocycles. The Morgan fingerprint density at radius 2 is 1.60 bits per heavy atom. The molecular weight excluding hydrogens is 566 g/mol. The first-order chi connectivity index (χ1) is 21.2. The zero-order valence-electron chi connectivity index (χ0n) is 28.5. The minimum Gasteiger partial charge on any atom is -0.394 e. The van der Waals surface area contributed by atoms with E-state index in [1.54, 1.807) is 9.80 Å². The normalized spacial score (nSPS) is 31.4. The number of rotatable bonds is 9. The van der Waals surface area contributed by atoms with Crippen LogP contribution in [0.5, 0.6) is 0 Å². The molecule has 1 spiro atoms. The van der Waals surface area contributed by atoms with Gasteiger partial charge >= 0.3 is 0 Å². The van der Waals surface area contributed by atoms with Crippen molar-refractivity contribution in [2.45, 2.75) is 110 Å². The molecule has 1 aromatic rings. The number of carbonyl (C=O) groups is 3. The highest BCUT2D eigenvalue weighted by molar-refractivity contribution is 6.00. The van der Waals surface area contributed by atoms with Gasteiger partial charge in [0.05, 0.1) is 30.1 Å². The Morgan fingerprint density at radius 1 is 0.933 bits per heavy atom. The van der Waals surface area contributed by atoms with E-state index in [0.717, 1.165) is 18.4 Å². The topological polar surface area (TPSA) is 90.4 Å². The Morgan fingerprint density at radius 3 is 2.20 bits per heavy atom. The molecule has 0 bridgehead atoms. The Labute approximate surface area is 269 Å². The highest BCUT2D eigenvalue weighted by Crippen LogP contribution is 2.59. The number of amides is 3. The van der Waals surface area contributed by atoms with Crippen molar-refractivity contribution in [2.24, 2.45) is 23.2 Å². The molecular formula is C37H53N3O5. The van der Waals surface area contributed by atoms with Crippen LogP contribution >= 0.6 is 0 Å². The maximum Gasteiger partial charge on any atom is 0.249 e. The molecule has 4 heterocycles. The molecule has 7 atom stereocenters. The van der Waals surface area contributed by atoms with E-state index >= 15 is 4.79 Å². The van der Waals surface area contributed by atoms with Gasteiger partial charge in [0.15, 0.2) is 0 Å². The van der Waals surface area contributed by atoms with E-state index in [1.165, 1.54) is 0 Å². The van der Waals surface area contributed by atoms with Crippen LogP contribution in [0.3, 0.4) is 0 Å². The predicted molar refractivity (Wildman–Crippen MR) is 175 cm³/mol. The third-order valence-corrected chi connectivity index (χ3v) is 10.7. The summed E-state index contributed by atoms with van der Waals surface area (Å²) in [6, 6.07) is 8.27. The van der Waals surface area contributed by atoms with Crippen LogP contribution in [0.2, 0.25) is 0 Å². The average Bonchev–Trinajstić information content (AvgIpc) is 3.27. The van der Waals surface area contributed by atoms with E-state index in [4.69, 9.17) is 4.74 Å². The van der Waals surface area contributed by atoms with Gasteiger partial charge in [-0.2, -0.15) is 0 Å². The van der Waals surface area contributed by atoms with Gasteiger partial charge in [-0.25, -0.2) is 0 Å². The van der Waals surface area contributed by atoms with Crippen molar-refractivity contribution in [1.29, 1.82) is 0 Å². The Bertz CT molecular complexity index is 1350. The van der Waals surface area contributed by atoms with E-state index in [1.807, 2.05) is 80.3 Å². The van der Waals surface area contributed by atoms with E-state index in [9.17, 15) is 14.7 Å². The largest absolute Gasteiger partial charge is 0.394 e. The third kappa shape index (κ3) is 5.56. The van der Waals surface area contributed by atoms with Crippen LogP contribution in [0.25, 0.3) is 0 Å². The molecule has 3 amide bonds. The average molecular weight is 620 g/mol. The quantitative estimate of drug-likeness (QED) is 0.395. The second-order valence-electron chi connectivity index (χ2n) is 15.5. The van der Waals surface area contributed by atoms with Crippen LogP contribution in [-0.4, -0.2) is 86.0 Å². The second-order valence-corrected chi connectivity index (χ2v) is 15.5. The standard InChI is InChI=1S/C37H53N3O5/c1-9-25(3)27(23-41)40-30-33(44)39(35(7,8)24-34(4,5)6)21-15-19-37(30)29(32(40)43)28-31(42)38(22-26-16-12-11-13-17-26)20-14-18-36(28,10-2)45-37/h11-19,25,27-30,41H,9-10,20-24H2,1-8H3/t25-,27-,28+,29-,30?,36-,37-/m0/s1. The van der Waals surface area contributed by atoms with E-state index in [2.05, 4.69) is 34.6 Å². The van der Waals surface area contributed by atoms with Gasteiger partial charge in [0.25, 0.3) is 0 Å². The van der Waals surface area contributed by atoms with Gasteiger partial charge in [0.2, 0.25) is 17.7 Å². The number of aliphatic hydroxyl groups is 1. The monoisotopic (exact) mass is 619 g/mol. The lowest BCUT2D eigenvalue weighted by molar-refractivity contribution is -0.161. The number of carbonyl (C=O) groups excluding carboxylic acids is 3. The summed E-state index contributed by atoms with van der Waals surface area (Å²) in [6.45, 7) is 17.6. The van der Waals surface area contributed by atoms with Crippen LogP contribution < -0.4 is 0 Å². The molecule has 4 aliphatic heterocycles. The molecule has 8 heteroatoms. The number of hydrogen-bond donors (Lipinski definition) is 1. The van der Waals surface area contributed by atoms with Crippen molar-refractivity contribution in [1.82, 2.24) is 14.7 Å².